The number of aromatic nitrogens is 2. The van der Waals surface area contributed by atoms with Crippen LogP contribution in [0.1, 0.15) is 41.8 Å². The zero-order valence-electron chi connectivity index (χ0n) is 11.0. The maximum Gasteiger partial charge on any atom is 0.335 e. The van der Waals surface area contributed by atoms with Gasteiger partial charge in [0.15, 0.2) is 6.61 Å². The van der Waals surface area contributed by atoms with Crippen LogP contribution in [0.25, 0.3) is 0 Å². The molecule has 2 rings (SSSR count). The molecule has 106 valence electrons. The fraction of sp³-hybridized carbons (Fsp3) is 0.308. The standard InChI is InChI=1S/C13H13FN2O4/c1-7(2)12-15-11(16-20-12)6-19-10-4-8(13(17)18)3-9(14)5-10/h3-5,7H,6H2,1-2H3,(H,17,18). The summed E-state index contributed by atoms with van der Waals surface area (Å²) in [5.41, 5.74) is -0.184. The van der Waals surface area contributed by atoms with Gasteiger partial charge < -0.3 is 14.4 Å². The molecule has 0 fully saturated rings. The van der Waals surface area contributed by atoms with Crippen LogP contribution in [0.3, 0.4) is 0 Å². The summed E-state index contributed by atoms with van der Waals surface area (Å²) in [4.78, 5) is 14.9. The van der Waals surface area contributed by atoms with Crippen molar-refractivity contribution < 1.29 is 23.6 Å². The maximum atomic E-state index is 13.2. The summed E-state index contributed by atoms with van der Waals surface area (Å²) in [7, 11) is 0. The number of hydrogen-bond acceptors (Lipinski definition) is 5. The zero-order chi connectivity index (χ0) is 14.7. The molecule has 0 saturated carbocycles. The Labute approximate surface area is 114 Å². The third-order valence-electron chi connectivity index (χ3n) is 2.46. The highest BCUT2D eigenvalue weighted by Gasteiger charge is 2.12. The molecular weight excluding hydrogens is 267 g/mol. The molecule has 0 aliphatic rings. The van der Waals surface area contributed by atoms with Gasteiger partial charge in [-0.2, -0.15) is 4.98 Å². The average molecular weight is 280 g/mol. The van der Waals surface area contributed by atoms with Gasteiger partial charge in [0.05, 0.1) is 5.56 Å². The van der Waals surface area contributed by atoms with Crippen LogP contribution in [0.15, 0.2) is 22.7 Å². The van der Waals surface area contributed by atoms with E-state index in [0.717, 1.165) is 12.1 Å². The molecule has 0 spiro atoms. The first-order valence-electron chi connectivity index (χ1n) is 5.95. The summed E-state index contributed by atoms with van der Waals surface area (Å²) >= 11 is 0. The molecule has 20 heavy (non-hydrogen) atoms. The Morgan fingerprint density at radius 1 is 1.45 bits per heavy atom. The van der Waals surface area contributed by atoms with Crippen molar-refractivity contribution in [2.24, 2.45) is 0 Å². The van der Waals surface area contributed by atoms with Crippen molar-refractivity contribution in [2.45, 2.75) is 26.4 Å². The van der Waals surface area contributed by atoms with E-state index in [1.54, 1.807) is 0 Å². The first-order valence-corrected chi connectivity index (χ1v) is 5.95. The first-order chi connectivity index (χ1) is 9.45. The van der Waals surface area contributed by atoms with Crippen molar-refractivity contribution in [1.29, 1.82) is 0 Å². The van der Waals surface area contributed by atoms with Crippen molar-refractivity contribution in [3.05, 3.63) is 41.3 Å². The molecule has 1 aromatic carbocycles. The lowest BCUT2D eigenvalue weighted by molar-refractivity contribution is 0.0695. The lowest BCUT2D eigenvalue weighted by Crippen LogP contribution is -2.02. The van der Waals surface area contributed by atoms with E-state index in [4.69, 9.17) is 14.4 Å². The maximum absolute atomic E-state index is 13.2. The second kappa shape index (κ2) is 5.68. The summed E-state index contributed by atoms with van der Waals surface area (Å²) in [6.45, 7) is 3.78. The number of halogens is 1. The van der Waals surface area contributed by atoms with E-state index in [-0.39, 0.29) is 23.8 Å². The number of nitrogens with zero attached hydrogens (tertiary/aromatic N) is 2. The van der Waals surface area contributed by atoms with E-state index in [0.29, 0.717) is 11.7 Å². The Morgan fingerprint density at radius 3 is 2.80 bits per heavy atom. The minimum atomic E-state index is -1.23. The lowest BCUT2D eigenvalue weighted by Gasteiger charge is -2.04. The van der Waals surface area contributed by atoms with Gasteiger partial charge in [-0.05, 0) is 12.1 Å². The summed E-state index contributed by atoms with van der Waals surface area (Å²) in [6.07, 6.45) is 0. The topological polar surface area (TPSA) is 85.5 Å². The van der Waals surface area contributed by atoms with Gasteiger partial charge in [0.25, 0.3) is 0 Å². The number of carboxylic acid groups (broad SMARTS) is 1. The van der Waals surface area contributed by atoms with Crippen molar-refractivity contribution in [1.82, 2.24) is 10.1 Å². The minimum absolute atomic E-state index is 0.0290. The number of hydrogen-bond donors (Lipinski definition) is 1. The molecule has 1 aromatic heterocycles. The summed E-state index contributed by atoms with van der Waals surface area (Å²) in [5, 5.41) is 12.5. The summed E-state index contributed by atoms with van der Waals surface area (Å²) in [6, 6.07) is 3.24. The second-order valence-electron chi connectivity index (χ2n) is 4.47. The normalized spacial score (nSPS) is 10.8. The zero-order valence-corrected chi connectivity index (χ0v) is 11.0. The van der Waals surface area contributed by atoms with Crippen LogP contribution in [0.4, 0.5) is 4.39 Å². The van der Waals surface area contributed by atoms with Gasteiger partial charge in [0.2, 0.25) is 11.7 Å². The highest BCUT2D eigenvalue weighted by Crippen LogP contribution is 2.18. The molecule has 2 aromatic rings. The molecule has 0 radical (unpaired) electrons. The molecule has 0 aliphatic heterocycles. The van der Waals surface area contributed by atoms with E-state index in [1.807, 2.05) is 13.8 Å². The highest BCUT2D eigenvalue weighted by atomic mass is 19.1. The molecule has 1 heterocycles. The predicted molar refractivity (Wildman–Crippen MR) is 66.1 cm³/mol. The molecule has 6 nitrogen and oxygen atoms in total. The largest absolute Gasteiger partial charge is 0.485 e. The molecule has 0 atom stereocenters. The molecule has 0 saturated heterocycles. The first kappa shape index (κ1) is 14.0. The fourth-order valence-corrected chi connectivity index (χ4v) is 1.48. The van der Waals surface area contributed by atoms with E-state index in [1.165, 1.54) is 6.07 Å². The average Bonchev–Trinajstić information content (AvgIpc) is 2.84. The Hall–Kier alpha value is -2.44. The summed E-state index contributed by atoms with van der Waals surface area (Å²) in [5.74, 6) is -0.918. The molecule has 0 bridgehead atoms. The monoisotopic (exact) mass is 280 g/mol. The molecule has 0 aliphatic carbocycles. The van der Waals surface area contributed by atoms with Crippen molar-refractivity contribution in [3.8, 4) is 5.75 Å². The van der Waals surface area contributed by atoms with Gasteiger partial charge in [-0.3, -0.25) is 0 Å². The van der Waals surface area contributed by atoms with Crippen LogP contribution in [-0.4, -0.2) is 21.2 Å². The Balaban J connectivity index is 2.08. The Bertz CT molecular complexity index is 625. The highest BCUT2D eigenvalue weighted by molar-refractivity contribution is 5.88. The van der Waals surface area contributed by atoms with Gasteiger partial charge in [-0.25, -0.2) is 9.18 Å². The SMILES string of the molecule is CC(C)c1nc(COc2cc(F)cc(C(=O)O)c2)no1. The predicted octanol–water partition coefficient (Wildman–Crippen LogP) is 2.61. The molecule has 7 heteroatoms. The van der Waals surface area contributed by atoms with Crippen molar-refractivity contribution >= 4 is 5.97 Å². The lowest BCUT2D eigenvalue weighted by atomic mass is 10.2. The van der Waals surface area contributed by atoms with Crippen LogP contribution in [0.5, 0.6) is 5.75 Å². The molecular formula is C13H13FN2O4. The van der Waals surface area contributed by atoms with E-state index >= 15 is 0 Å². The van der Waals surface area contributed by atoms with Crippen LogP contribution < -0.4 is 4.74 Å². The second-order valence-corrected chi connectivity index (χ2v) is 4.47. The van der Waals surface area contributed by atoms with E-state index in [9.17, 15) is 9.18 Å². The summed E-state index contributed by atoms with van der Waals surface area (Å²) < 4.78 is 23.5. The molecule has 0 amide bonds. The van der Waals surface area contributed by atoms with E-state index < -0.39 is 11.8 Å². The van der Waals surface area contributed by atoms with Crippen LogP contribution in [-0.2, 0) is 6.61 Å². The van der Waals surface area contributed by atoms with Gasteiger partial charge in [0, 0.05) is 12.0 Å². The third kappa shape index (κ3) is 3.31. The number of ether oxygens (including phenoxy) is 1. The van der Waals surface area contributed by atoms with Gasteiger partial charge in [-0.15, -0.1) is 0 Å². The van der Waals surface area contributed by atoms with Crippen LogP contribution in [0, 0.1) is 5.82 Å². The quantitative estimate of drug-likeness (QED) is 0.906. The number of rotatable bonds is 5. The number of carbonyl (C=O) groups is 1. The van der Waals surface area contributed by atoms with Crippen LogP contribution >= 0.6 is 0 Å². The van der Waals surface area contributed by atoms with Gasteiger partial charge in [-0.1, -0.05) is 19.0 Å². The smallest absolute Gasteiger partial charge is 0.335 e. The number of carboxylic acids is 1. The fourth-order valence-electron chi connectivity index (χ4n) is 1.48. The van der Waals surface area contributed by atoms with Crippen molar-refractivity contribution in [3.63, 3.8) is 0 Å². The number of benzene rings is 1. The molecule has 1 N–H and O–H groups in total. The Morgan fingerprint density at radius 2 is 2.20 bits per heavy atom. The van der Waals surface area contributed by atoms with Crippen molar-refractivity contribution in [2.75, 3.05) is 0 Å². The Kier molecular flexibility index (Phi) is 3.97. The van der Waals surface area contributed by atoms with Crippen LogP contribution in [0.2, 0.25) is 0 Å². The van der Waals surface area contributed by atoms with Gasteiger partial charge >= 0.3 is 5.97 Å². The van der Waals surface area contributed by atoms with E-state index in [2.05, 4.69) is 10.1 Å². The number of aromatic carboxylic acids is 1. The van der Waals surface area contributed by atoms with Gasteiger partial charge in [0.1, 0.15) is 11.6 Å². The third-order valence-corrected chi connectivity index (χ3v) is 2.46. The molecule has 0 unspecified atom stereocenters. The minimum Gasteiger partial charge on any atom is -0.485 e.